The summed E-state index contributed by atoms with van der Waals surface area (Å²) in [5, 5.41) is 3.18. The first-order chi connectivity index (χ1) is 12.4. The van der Waals surface area contributed by atoms with Crippen LogP contribution in [0.5, 0.6) is 11.5 Å². The van der Waals surface area contributed by atoms with Gasteiger partial charge in [-0.25, -0.2) is 4.39 Å². The molecule has 0 heterocycles. The van der Waals surface area contributed by atoms with Crippen LogP contribution in [0.3, 0.4) is 0 Å². The summed E-state index contributed by atoms with van der Waals surface area (Å²) in [6, 6.07) is 9.58. The van der Waals surface area contributed by atoms with Crippen molar-refractivity contribution in [3.05, 3.63) is 58.4 Å². The minimum Gasteiger partial charge on any atom is -0.490 e. The Bertz CT molecular complexity index is 767. The highest BCUT2D eigenvalue weighted by atomic mass is 35.5. The molecule has 1 atom stereocenters. The van der Waals surface area contributed by atoms with Gasteiger partial charge in [-0.1, -0.05) is 23.7 Å². The van der Waals surface area contributed by atoms with E-state index in [1.165, 1.54) is 12.1 Å². The monoisotopic (exact) mass is 379 g/mol. The molecule has 2 aromatic rings. The summed E-state index contributed by atoms with van der Waals surface area (Å²) >= 11 is 5.73. The normalized spacial score (nSPS) is 11.7. The maximum absolute atomic E-state index is 13.8. The Morgan fingerprint density at radius 1 is 1.12 bits per heavy atom. The van der Waals surface area contributed by atoms with E-state index in [4.69, 9.17) is 21.1 Å². The van der Waals surface area contributed by atoms with Crippen molar-refractivity contribution in [2.45, 2.75) is 33.2 Å². The molecule has 1 unspecified atom stereocenters. The molecular formula is C20H23ClFNO3. The Hall–Kier alpha value is -2.27. The Labute approximate surface area is 158 Å². The molecular weight excluding hydrogens is 357 g/mol. The van der Waals surface area contributed by atoms with Crippen molar-refractivity contribution in [3.63, 3.8) is 0 Å². The predicted molar refractivity (Wildman–Crippen MR) is 100 cm³/mol. The lowest BCUT2D eigenvalue weighted by Gasteiger charge is -2.17. The summed E-state index contributed by atoms with van der Waals surface area (Å²) in [5.41, 5.74) is 1.18. The molecule has 140 valence electrons. The summed E-state index contributed by atoms with van der Waals surface area (Å²) in [6.45, 7) is 6.72. The van der Waals surface area contributed by atoms with Gasteiger partial charge in [0.05, 0.1) is 25.7 Å². The lowest BCUT2D eigenvalue weighted by atomic mass is 10.1. The Kier molecular flexibility index (Phi) is 7.27. The standard InChI is InChI=1S/C20H23ClFNO3/c1-4-25-18-9-7-14(10-19(18)26-5-2)13(3)23-20(24)11-15-6-8-16(21)12-17(15)22/h6-10,12-13H,4-5,11H2,1-3H3,(H,23,24). The molecule has 0 bridgehead atoms. The molecule has 0 fully saturated rings. The second-order valence-electron chi connectivity index (χ2n) is 5.77. The van der Waals surface area contributed by atoms with Crippen molar-refractivity contribution in [3.8, 4) is 11.5 Å². The fraction of sp³-hybridized carbons (Fsp3) is 0.350. The molecule has 2 rings (SSSR count). The van der Waals surface area contributed by atoms with Gasteiger partial charge in [0, 0.05) is 5.02 Å². The van der Waals surface area contributed by atoms with E-state index in [2.05, 4.69) is 5.32 Å². The molecule has 2 aromatic carbocycles. The van der Waals surface area contributed by atoms with Crippen LogP contribution in [0.1, 0.15) is 37.9 Å². The average molecular weight is 380 g/mol. The van der Waals surface area contributed by atoms with E-state index in [9.17, 15) is 9.18 Å². The van der Waals surface area contributed by atoms with Gasteiger partial charge in [-0.3, -0.25) is 4.79 Å². The van der Waals surface area contributed by atoms with Gasteiger partial charge in [0.15, 0.2) is 11.5 Å². The van der Waals surface area contributed by atoms with Crippen molar-refractivity contribution in [2.24, 2.45) is 0 Å². The number of amides is 1. The quantitative estimate of drug-likeness (QED) is 0.723. The third-order valence-corrected chi connectivity index (χ3v) is 4.05. The predicted octanol–water partition coefficient (Wildman–Crippen LogP) is 4.70. The third kappa shape index (κ3) is 5.36. The highest BCUT2D eigenvalue weighted by molar-refractivity contribution is 6.30. The topological polar surface area (TPSA) is 47.6 Å². The van der Waals surface area contributed by atoms with Gasteiger partial charge in [-0.2, -0.15) is 0 Å². The zero-order valence-corrected chi connectivity index (χ0v) is 15.9. The SMILES string of the molecule is CCOc1ccc(C(C)NC(=O)Cc2ccc(Cl)cc2F)cc1OCC. The maximum Gasteiger partial charge on any atom is 0.225 e. The summed E-state index contributed by atoms with van der Waals surface area (Å²) in [7, 11) is 0. The number of carbonyl (C=O) groups is 1. The number of ether oxygens (including phenoxy) is 2. The molecule has 1 N–H and O–H groups in total. The van der Waals surface area contributed by atoms with Crippen molar-refractivity contribution >= 4 is 17.5 Å². The van der Waals surface area contributed by atoms with Crippen molar-refractivity contribution < 1.29 is 18.7 Å². The van der Waals surface area contributed by atoms with Gasteiger partial charge >= 0.3 is 0 Å². The molecule has 0 aliphatic heterocycles. The first kappa shape index (κ1) is 20.0. The summed E-state index contributed by atoms with van der Waals surface area (Å²) < 4.78 is 25.0. The zero-order chi connectivity index (χ0) is 19.1. The van der Waals surface area contributed by atoms with Crippen LogP contribution in [0, 0.1) is 5.82 Å². The van der Waals surface area contributed by atoms with E-state index in [0.717, 1.165) is 5.56 Å². The van der Waals surface area contributed by atoms with Gasteiger partial charge in [0.25, 0.3) is 0 Å². The molecule has 0 saturated heterocycles. The highest BCUT2D eigenvalue weighted by Gasteiger charge is 2.15. The molecule has 0 spiro atoms. The van der Waals surface area contributed by atoms with E-state index in [1.807, 2.05) is 39.0 Å². The van der Waals surface area contributed by atoms with E-state index in [1.54, 1.807) is 6.07 Å². The second-order valence-corrected chi connectivity index (χ2v) is 6.21. The molecule has 6 heteroatoms. The number of hydrogen-bond donors (Lipinski definition) is 1. The average Bonchev–Trinajstić information content (AvgIpc) is 2.59. The molecule has 1 amide bonds. The van der Waals surface area contributed by atoms with Gasteiger partial charge in [-0.15, -0.1) is 0 Å². The van der Waals surface area contributed by atoms with Gasteiger partial charge in [-0.05, 0) is 56.2 Å². The van der Waals surface area contributed by atoms with Crippen LogP contribution in [-0.2, 0) is 11.2 Å². The lowest BCUT2D eigenvalue weighted by Crippen LogP contribution is -2.28. The van der Waals surface area contributed by atoms with E-state index < -0.39 is 5.82 Å². The molecule has 0 radical (unpaired) electrons. The van der Waals surface area contributed by atoms with Crippen LogP contribution >= 0.6 is 11.6 Å². The number of carbonyl (C=O) groups excluding carboxylic acids is 1. The Morgan fingerprint density at radius 2 is 1.81 bits per heavy atom. The number of nitrogens with one attached hydrogen (secondary N) is 1. The van der Waals surface area contributed by atoms with Crippen LogP contribution in [0.2, 0.25) is 5.02 Å². The summed E-state index contributed by atoms with van der Waals surface area (Å²) in [5.74, 6) is 0.544. The Morgan fingerprint density at radius 3 is 2.46 bits per heavy atom. The lowest BCUT2D eigenvalue weighted by molar-refractivity contribution is -0.121. The van der Waals surface area contributed by atoms with Crippen molar-refractivity contribution in [1.82, 2.24) is 5.32 Å². The first-order valence-corrected chi connectivity index (χ1v) is 8.95. The minimum absolute atomic E-state index is 0.0529. The Balaban J connectivity index is 2.07. The van der Waals surface area contributed by atoms with Crippen LogP contribution in [0.15, 0.2) is 36.4 Å². The van der Waals surface area contributed by atoms with Gasteiger partial charge in [0.1, 0.15) is 5.82 Å². The zero-order valence-electron chi connectivity index (χ0n) is 15.1. The van der Waals surface area contributed by atoms with E-state index >= 15 is 0 Å². The molecule has 0 saturated carbocycles. The van der Waals surface area contributed by atoms with Gasteiger partial charge < -0.3 is 14.8 Å². The maximum atomic E-state index is 13.8. The van der Waals surface area contributed by atoms with Crippen molar-refractivity contribution in [1.29, 1.82) is 0 Å². The number of hydrogen-bond acceptors (Lipinski definition) is 3. The smallest absolute Gasteiger partial charge is 0.225 e. The molecule has 4 nitrogen and oxygen atoms in total. The summed E-state index contributed by atoms with van der Waals surface area (Å²) in [6.07, 6.45) is -0.0529. The van der Waals surface area contributed by atoms with Crippen LogP contribution in [-0.4, -0.2) is 19.1 Å². The molecule has 0 aliphatic rings. The van der Waals surface area contributed by atoms with Gasteiger partial charge in [0.2, 0.25) is 5.91 Å². The van der Waals surface area contributed by atoms with Crippen LogP contribution in [0.25, 0.3) is 0 Å². The van der Waals surface area contributed by atoms with E-state index in [0.29, 0.717) is 35.3 Å². The fourth-order valence-corrected chi connectivity index (χ4v) is 2.71. The molecule has 0 aliphatic carbocycles. The first-order valence-electron chi connectivity index (χ1n) is 8.57. The molecule has 26 heavy (non-hydrogen) atoms. The largest absolute Gasteiger partial charge is 0.490 e. The highest BCUT2D eigenvalue weighted by Crippen LogP contribution is 2.30. The van der Waals surface area contributed by atoms with Crippen LogP contribution < -0.4 is 14.8 Å². The molecule has 0 aromatic heterocycles. The van der Waals surface area contributed by atoms with Crippen LogP contribution in [0.4, 0.5) is 4.39 Å². The fourth-order valence-electron chi connectivity index (χ4n) is 2.55. The summed E-state index contributed by atoms with van der Waals surface area (Å²) in [4.78, 5) is 12.2. The third-order valence-electron chi connectivity index (χ3n) is 3.81. The second kappa shape index (κ2) is 9.43. The minimum atomic E-state index is -0.486. The number of benzene rings is 2. The van der Waals surface area contributed by atoms with Crippen molar-refractivity contribution in [2.75, 3.05) is 13.2 Å². The number of halogens is 2. The number of rotatable bonds is 8. The van der Waals surface area contributed by atoms with E-state index in [-0.39, 0.29) is 18.4 Å².